The molecule has 0 fully saturated rings. The Hall–Kier alpha value is -1.97. The van der Waals surface area contributed by atoms with Crippen LogP contribution in [0.25, 0.3) is 5.69 Å². The highest BCUT2D eigenvalue weighted by Gasteiger charge is 2.12. The molecular formula is C13H17N3O. The summed E-state index contributed by atoms with van der Waals surface area (Å²) in [5.74, 6) is 0.799. The quantitative estimate of drug-likeness (QED) is 0.879. The zero-order valence-electron chi connectivity index (χ0n) is 10.2. The SMILES string of the molecule is CCCc1c(N)cnn1-c1ccccc1OC. The lowest BCUT2D eigenvalue weighted by Crippen LogP contribution is -2.05. The fourth-order valence-corrected chi connectivity index (χ4v) is 1.89. The summed E-state index contributed by atoms with van der Waals surface area (Å²) in [6, 6.07) is 7.80. The van der Waals surface area contributed by atoms with Gasteiger partial charge in [0.15, 0.2) is 0 Å². The van der Waals surface area contributed by atoms with E-state index < -0.39 is 0 Å². The zero-order valence-corrected chi connectivity index (χ0v) is 10.2. The summed E-state index contributed by atoms with van der Waals surface area (Å²) in [5, 5.41) is 4.32. The van der Waals surface area contributed by atoms with Crippen molar-refractivity contribution < 1.29 is 4.74 Å². The fourth-order valence-electron chi connectivity index (χ4n) is 1.89. The number of hydrogen-bond donors (Lipinski definition) is 1. The predicted molar refractivity (Wildman–Crippen MR) is 68.5 cm³/mol. The van der Waals surface area contributed by atoms with Crippen molar-refractivity contribution in [3.8, 4) is 11.4 Å². The molecule has 0 aliphatic carbocycles. The van der Waals surface area contributed by atoms with Crippen molar-refractivity contribution in [3.05, 3.63) is 36.2 Å². The van der Waals surface area contributed by atoms with Crippen molar-refractivity contribution in [3.63, 3.8) is 0 Å². The summed E-state index contributed by atoms with van der Waals surface area (Å²) in [6.07, 6.45) is 3.63. The van der Waals surface area contributed by atoms with Crippen LogP contribution >= 0.6 is 0 Å². The lowest BCUT2D eigenvalue weighted by Gasteiger charge is -2.11. The molecule has 17 heavy (non-hydrogen) atoms. The summed E-state index contributed by atoms with van der Waals surface area (Å²) in [7, 11) is 1.66. The van der Waals surface area contributed by atoms with Gasteiger partial charge in [0.2, 0.25) is 0 Å². The van der Waals surface area contributed by atoms with Crippen molar-refractivity contribution in [2.24, 2.45) is 0 Å². The summed E-state index contributed by atoms with van der Waals surface area (Å²) >= 11 is 0. The largest absolute Gasteiger partial charge is 0.494 e. The van der Waals surface area contributed by atoms with Crippen molar-refractivity contribution in [2.45, 2.75) is 19.8 Å². The number of aromatic nitrogens is 2. The molecule has 1 heterocycles. The second kappa shape index (κ2) is 4.91. The van der Waals surface area contributed by atoms with Gasteiger partial charge in [0.25, 0.3) is 0 Å². The van der Waals surface area contributed by atoms with Crippen molar-refractivity contribution in [2.75, 3.05) is 12.8 Å². The molecule has 4 nitrogen and oxygen atoms in total. The number of methoxy groups -OCH3 is 1. The van der Waals surface area contributed by atoms with E-state index in [2.05, 4.69) is 12.0 Å². The molecule has 0 atom stereocenters. The molecule has 2 rings (SSSR count). The number of nitrogen functional groups attached to an aromatic ring is 1. The average Bonchev–Trinajstić information content (AvgIpc) is 2.72. The number of nitrogens with zero attached hydrogens (tertiary/aromatic N) is 2. The first kappa shape index (κ1) is 11.5. The van der Waals surface area contributed by atoms with Gasteiger partial charge in [0.05, 0.1) is 24.7 Å². The molecule has 1 aromatic heterocycles. The fraction of sp³-hybridized carbons (Fsp3) is 0.308. The Balaban J connectivity index is 2.52. The van der Waals surface area contributed by atoms with Gasteiger partial charge in [-0.25, -0.2) is 4.68 Å². The molecule has 2 N–H and O–H groups in total. The van der Waals surface area contributed by atoms with Crippen LogP contribution in [0.4, 0.5) is 5.69 Å². The molecule has 90 valence electrons. The lowest BCUT2D eigenvalue weighted by atomic mass is 10.2. The monoisotopic (exact) mass is 231 g/mol. The molecule has 0 amide bonds. The minimum atomic E-state index is 0.734. The molecule has 4 heteroatoms. The van der Waals surface area contributed by atoms with Gasteiger partial charge in [0, 0.05) is 0 Å². The first-order valence-corrected chi connectivity index (χ1v) is 5.73. The van der Waals surface area contributed by atoms with Crippen LogP contribution in [0.3, 0.4) is 0 Å². The third kappa shape index (κ3) is 2.11. The maximum absolute atomic E-state index is 5.93. The van der Waals surface area contributed by atoms with Crippen molar-refractivity contribution in [1.29, 1.82) is 0 Å². The van der Waals surface area contributed by atoms with Gasteiger partial charge in [-0.3, -0.25) is 0 Å². The van der Waals surface area contributed by atoms with Crippen molar-refractivity contribution >= 4 is 5.69 Å². The van der Waals surface area contributed by atoms with Gasteiger partial charge < -0.3 is 10.5 Å². The van der Waals surface area contributed by atoms with E-state index in [0.29, 0.717) is 0 Å². The second-order valence-electron chi connectivity index (χ2n) is 3.88. The van der Waals surface area contributed by atoms with E-state index in [0.717, 1.165) is 35.7 Å². The van der Waals surface area contributed by atoms with Gasteiger partial charge >= 0.3 is 0 Å². The Morgan fingerprint density at radius 1 is 1.35 bits per heavy atom. The maximum Gasteiger partial charge on any atom is 0.144 e. The molecule has 0 radical (unpaired) electrons. The number of anilines is 1. The van der Waals surface area contributed by atoms with Crippen LogP contribution in [0.5, 0.6) is 5.75 Å². The number of benzene rings is 1. The Morgan fingerprint density at radius 2 is 2.12 bits per heavy atom. The minimum Gasteiger partial charge on any atom is -0.494 e. The van der Waals surface area contributed by atoms with Crippen LogP contribution in [0.1, 0.15) is 19.0 Å². The molecule has 0 spiro atoms. The van der Waals surface area contributed by atoms with E-state index in [-0.39, 0.29) is 0 Å². The molecule has 0 aliphatic rings. The minimum absolute atomic E-state index is 0.734. The van der Waals surface area contributed by atoms with Crippen LogP contribution in [0.2, 0.25) is 0 Å². The van der Waals surface area contributed by atoms with Crippen LogP contribution in [-0.2, 0) is 6.42 Å². The number of nitrogens with two attached hydrogens (primary N) is 1. The normalized spacial score (nSPS) is 10.5. The molecule has 0 bridgehead atoms. The van der Waals surface area contributed by atoms with Crippen LogP contribution < -0.4 is 10.5 Å². The number of ether oxygens (including phenoxy) is 1. The summed E-state index contributed by atoms with van der Waals surface area (Å²) < 4.78 is 7.20. The Bertz CT molecular complexity index is 505. The Kier molecular flexibility index (Phi) is 3.32. The zero-order chi connectivity index (χ0) is 12.3. The standard InChI is InChI=1S/C13H17N3O/c1-3-6-11-10(14)9-15-16(11)12-7-4-5-8-13(12)17-2/h4-5,7-9H,3,6,14H2,1-2H3. The summed E-state index contributed by atoms with van der Waals surface area (Å²) in [5.41, 5.74) is 8.63. The van der Waals surface area contributed by atoms with Gasteiger partial charge in [-0.05, 0) is 18.6 Å². The van der Waals surface area contributed by atoms with E-state index in [4.69, 9.17) is 10.5 Å². The summed E-state index contributed by atoms with van der Waals surface area (Å²) in [4.78, 5) is 0. The maximum atomic E-state index is 5.93. The van der Waals surface area contributed by atoms with E-state index in [1.54, 1.807) is 13.3 Å². The van der Waals surface area contributed by atoms with Crippen LogP contribution in [0.15, 0.2) is 30.5 Å². The predicted octanol–water partition coefficient (Wildman–Crippen LogP) is 2.42. The van der Waals surface area contributed by atoms with Gasteiger partial charge in [-0.15, -0.1) is 0 Å². The van der Waals surface area contributed by atoms with E-state index in [1.165, 1.54) is 0 Å². The summed E-state index contributed by atoms with van der Waals surface area (Å²) in [6.45, 7) is 2.12. The lowest BCUT2D eigenvalue weighted by molar-refractivity contribution is 0.411. The highest BCUT2D eigenvalue weighted by molar-refractivity contribution is 5.51. The Morgan fingerprint density at radius 3 is 2.82 bits per heavy atom. The molecule has 0 unspecified atom stereocenters. The highest BCUT2D eigenvalue weighted by Crippen LogP contribution is 2.25. The van der Waals surface area contributed by atoms with Gasteiger partial charge in [0.1, 0.15) is 11.4 Å². The first-order valence-electron chi connectivity index (χ1n) is 5.73. The van der Waals surface area contributed by atoms with Crippen molar-refractivity contribution in [1.82, 2.24) is 9.78 Å². The average molecular weight is 231 g/mol. The molecule has 0 saturated carbocycles. The smallest absolute Gasteiger partial charge is 0.144 e. The third-order valence-corrected chi connectivity index (χ3v) is 2.70. The van der Waals surface area contributed by atoms with E-state index in [1.807, 2.05) is 28.9 Å². The topological polar surface area (TPSA) is 53.1 Å². The molecule has 0 saturated heterocycles. The molecule has 1 aromatic carbocycles. The number of hydrogen-bond acceptors (Lipinski definition) is 3. The molecule has 0 aliphatic heterocycles. The third-order valence-electron chi connectivity index (χ3n) is 2.70. The highest BCUT2D eigenvalue weighted by atomic mass is 16.5. The van der Waals surface area contributed by atoms with Gasteiger partial charge in [-0.1, -0.05) is 25.5 Å². The number of rotatable bonds is 4. The van der Waals surface area contributed by atoms with Crippen LogP contribution in [-0.4, -0.2) is 16.9 Å². The first-order chi connectivity index (χ1) is 8.27. The van der Waals surface area contributed by atoms with Gasteiger partial charge in [-0.2, -0.15) is 5.10 Å². The Labute approximate surface area is 101 Å². The molecular weight excluding hydrogens is 214 g/mol. The second-order valence-corrected chi connectivity index (χ2v) is 3.88. The number of para-hydroxylation sites is 2. The van der Waals surface area contributed by atoms with E-state index >= 15 is 0 Å². The van der Waals surface area contributed by atoms with Crippen LogP contribution in [0, 0.1) is 0 Å². The molecule has 2 aromatic rings. The van der Waals surface area contributed by atoms with E-state index in [9.17, 15) is 0 Å².